The predicted octanol–water partition coefficient (Wildman–Crippen LogP) is 1.38. The van der Waals surface area contributed by atoms with Gasteiger partial charge in [0.05, 0.1) is 7.11 Å². The Balaban J connectivity index is 2.60. The third kappa shape index (κ3) is 2.81. The SMILES string of the molecule is COc1cc(F)cc(F)c1S(=O)(=O)N1CC=CCC1C(=O)O. The van der Waals surface area contributed by atoms with Crippen LogP contribution in [0.1, 0.15) is 6.42 Å². The van der Waals surface area contributed by atoms with Crippen molar-refractivity contribution in [3.63, 3.8) is 0 Å². The summed E-state index contributed by atoms with van der Waals surface area (Å²) in [6.07, 6.45) is 2.95. The minimum Gasteiger partial charge on any atom is -0.495 e. The number of methoxy groups -OCH3 is 1. The number of carboxylic acids is 1. The Hall–Kier alpha value is -2.00. The lowest BCUT2D eigenvalue weighted by Crippen LogP contribution is -2.46. The maximum atomic E-state index is 14.0. The highest BCUT2D eigenvalue weighted by Crippen LogP contribution is 2.32. The molecule has 1 aromatic rings. The van der Waals surface area contributed by atoms with Crippen LogP contribution in [0.5, 0.6) is 5.75 Å². The third-order valence-electron chi connectivity index (χ3n) is 3.20. The van der Waals surface area contributed by atoms with E-state index in [9.17, 15) is 22.0 Å². The van der Waals surface area contributed by atoms with Crippen molar-refractivity contribution < 1.29 is 31.8 Å². The zero-order valence-corrected chi connectivity index (χ0v) is 12.3. The van der Waals surface area contributed by atoms with Gasteiger partial charge in [0.25, 0.3) is 10.0 Å². The van der Waals surface area contributed by atoms with Crippen molar-refractivity contribution in [3.05, 3.63) is 35.9 Å². The fraction of sp³-hybridized carbons (Fsp3) is 0.308. The number of aliphatic carboxylic acids is 1. The van der Waals surface area contributed by atoms with Crippen molar-refractivity contribution in [2.75, 3.05) is 13.7 Å². The lowest BCUT2D eigenvalue weighted by molar-refractivity contribution is -0.141. The number of hydrogen-bond acceptors (Lipinski definition) is 4. The minimum atomic E-state index is -4.51. The number of halogens is 2. The van der Waals surface area contributed by atoms with E-state index in [2.05, 4.69) is 0 Å². The van der Waals surface area contributed by atoms with Crippen LogP contribution >= 0.6 is 0 Å². The summed E-state index contributed by atoms with van der Waals surface area (Å²) in [7, 11) is -3.44. The molecule has 1 N–H and O–H groups in total. The molecule has 0 amide bonds. The van der Waals surface area contributed by atoms with Gasteiger partial charge in [0.1, 0.15) is 23.4 Å². The van der Waals surface area contributed by atoms with Gasteiger partial charge in [-0.15, -0.1) is 0 Å². The van der Waals surface area contributed by atoms with Gasteiger partial charge in [-0.05, 0) is 6.42 Å². The Kier molecular flexibility index (Phi) is 4.47. The highest BCUT2D eigenvalue weighted by atomic mass is 32.2. The normalized spacial score (nSPS) is 19.1. The smallest absolute Gasteiger partial charge is 0.322 e. The third-order valence-corrected chi connectivity index (χ3v) is 5.14. The molecule has 120 valence electrons. The summed E-state index contributed by atoms with van der Waals surface area (Å²) in [5.41, 5.74) is 0. The fourth-order valence-electron chi connectivity index (χ4n) is 2.19. The first-order valence-electron chi connectivity index (χ1n) is 6.21. The lowest BCUT2D eigenvalue weighted by Gasteiger charge is -2.29. The summed E-state index contributed by atoms with van der Waals surface area (Å²) in [6, 6.07) is -0.222. The van der Waals surface area contributed by atoms with Crippen molar-refractivity contribution >= 4 is 16.0 Å². The van der Waals surface area contributed by atoms with E-state index in [1.807, 2.05) is 0 Å². The first kappa shape index (κ1) is 16.4. The van der Waals surface area contributed by atoms with E-state index in [1.165, 1.54) is 12.2 Å². The van der Waals surface area contributed by atoms with Crippen LogP contribution in [0, 0.1) is 11.6 Å². The number of benzene rings is 1. The molecule has 0 aliphatic carbocycles. The van der Waals surface area contributed by atoms with Crippen molar-refractivity contribution in [1.29, 1.82) is 0 Å². The first-order chi connectivity index (χ1) is 10.3. The van der Waals surface area contributed by atoms with Crippen molar-refractivity contribution in [2.24, 2.45) is 0 Å². The van der Waals surface area contributed by atoms with Crippen LogP contribution in [-0.2, 0) is 14.8 Å². The highest BCUT2D eigenvalue weighted by molar-refractivity contribution is 7.89. The molecule has 0 fully saturated rings. The first-order valence-corrected chi connectivity index (χ1v) is 7.65. The van der Waals surface area contributed by atoms with E-state index < -0.39 is 44.3 Å². The molecule has 1 heterocycles. The Morgan fingerprint density at radius 2 is 2.05 bits per heavy atom. The summed E-state index contributed by atoms with van der Waals surface area (Å²) < 4.78 is 57.8. The second-order valence-corrected chi connectivity index (χ2v) is 6.38. The van der Waals surface area contributed by atoms with Gasteiger partial charge < -0.3 is 9.84 Å². The van der Waals surface area contributed by atoms with E-state index in [0.29, 0.717) is 10.4 Å². The number of carboxylic acid groups (broad SMARTS) is 1. The molecule has 0 bridgehead atoms. The molecule has 0 saturated carbocycles. The van der Waals surface area contributed by atoms with Gasteiger partial charge >= 0.3 is 5.97 Å². The number of rotatable bonds is 4. The summed E-state index contributed by atoms with van der Waals surface area (Å²) in [6.45, 7) is -0.223. The molecule has 6 nitrogen and oxygen atoms in total. The quantitative estimate of drug-likeness (QED) is 0.842. The lowest BCUT2D eigenvalue weighted by atomic mass is 10.1. The van der Waals surface area contributed by atoms with E-state index in [4.69, 9.17) is 9.84 Å². The van der Waals surface area contributed by atoms with Crippen LogP contribution < -0.4 is 4.74 Å². The van der Waals surface area contributed by atoms with Gasteiger partial charge in [0, 0.05) is 18.7 Å². The molecule has 9 heteroatoms. The number of carbonyl (C=O) groups is 1. The van der Waals surface area contributed by atoms with Gasteiger partial charge in [-0.25, -0.2) is 17.2 Å². The molecular formula is C13H13F2NO5S. The second-order valence-electron chi connectivity index (χ2n) is 4.55. The average Bonchev–Trinajstić information content (AvgIpc) is 2.45. The maximum Gasteiger partial charge on any atom is 0.322 e. The summed E-state index contributed by atoms with van der Waals surface area (Å²) >= 11 is 0. The van der Waals surface area contributed by atoms with Crippen molar-refractivity contribution in [2.45, 2.75) is 17.4 Å². The monoisotopic (exact) mass is 333 g/mol. The molecule has 1 aromatic carbocycles. The maximum absolute atomic E-state index is 14.0. The summed E-state index contributed by atoms with van der Waals surface area (Å²) in [4.78, 5) is 10.3. The van der Waals surface area contributed by atoms with Crippen LogP contribution in [-0.4, -0.2) is 43.5 Å². The van der Waals surface area contributed by atoms with Gasteiger partial charge in [0.2, 0.25) is 0 Å². The van der Waals surface area contributed by atoms with Crippen LogP contribution in [0.25, 0.3) is 0 Å². The molecular weight excluding hydrogens is 320 g/mol. The zero-order chi connectivity index (χ0) is 16.5. The van der Waals surface area contributed by atoms with Crippen LogP contribution in [0.3, 0.4) is 0 Å². The predicted molar refractivity (Wildman–Crippen MR) is 72.0 cm³/mol. The largest absolute Gasteiger partial charge is 0.495 e. The Labute approximate surface area is 125 Å². The van der Waals surface area contributed by atoms with E-state index in [1.54, 1.807) is 0 Å². The number of ether oxygens (including phenoxy) is 1. The average molecular weight is 333 g/mol. The van der Waals surface area contributed by atoms with Gasteiger partial charge in [-0.3, -0.25) is 4.79 Å². The van der Waals surface area contributed by atoms with Gasteiger partial charge in [0.15, 0.2) is 4.90 Å². The standard InChI is InChI=1S/C13H13F2NO5S/c1-21-11-7-8(14)6-9(15)12(11)22(19,20)16-5-3-2-4-10(16)13(17)18/h2-3,6-7,10H,4-5H2,1H3,(H,17,18). The molecule has 1 atom stereocenters. The zero-order valence-electron chi connectivity index (χ0n) is 11.5. The van der Waals surface area contributed by atoms with Crippen LogP contribution in [0.4, 0.5) is 8.78 Å². The second kappa shape index (κ2) is 6.01. The highest BCUT2D eigenvalue weighted by Gasteiger charge is 2.39. The summed E-state index contributed by atoms with van der Waals surface area (Å²) in [5.74, 6) is -4.21. The molecule has 1 aliphatic heterocycles. The molecule has 0 radical (unpaired) electrons. The topological polar surface area (TPSA) is 83.9 Å². The molecule has 0 saturated heterocycles. The molecule has 22 heavy (non-hydrogen) atoms. The van der Waals surface area contributed by atoms with Crippen LogP contribution in [0.2, 0.25) is 0 Å². The number of nitrogens with zero attached hydrogens (tertiary/aromatic N) is 1. The van der Waals surface area contributed by atoms with Crippen molar-refractivity contribution in [1.82, 2.24) is 4.31 Å². The van der Waals surface area contributed by atoms with E-state index in [0.717, 1.165) is 13.2 Å². The minimum absolute atomic E-state index is 0.0420. The Morgan fingerprint density at radius 1 is 1.36 bits per heavy atom. The molecule has 0 spiro atoms. The number of hydrogen-bond donors (Lipinski definition) is 1. The molecule has 1 aliphatic rings. The molecule has 1 unspecified atom stereocenters. The van der Waals surface area contributed by atoms with Gasteiger partial charge in [-0.1, -0.05) is 12.2 Å². The Morgan fingerprint density at radius 3 is 2.64 bits per heavy atom. The molecule has 0 aromatic heterocycles. The van der Waals surface area contributed by atoms with E-state index in [-0.39, 0.29) is 13.0 Å². The van der Waals surface area contributed by atoms with Gasteiger partial charge in [-0.2, -0.15) is 4.31 Å². The van der Waals surface area contributed by atoms with Crippen molar-refractivity contribution in [3.8, 4) is 5.75 Å². The number of sulfonamides is 1. The fourth-order valence-corrected chi connectivity index (χ4v) is 3.92. The van der Waals surface area contributed by atoms with E-state index >= 15 is 0 Å². The summed E-state index contributed by atoms with van der Waals surface area (Å²) in [5, 5.41) is 9.13. The molecule has 2 rings (SSSR count). The Bertz CT molecular complexity index is 732. The van der Waals surface area contributed by atoms with Crippen LogP contribution in [0.15, 0.2) is 29.2 Å².